The van der Waals surface area contributed by atoms with Gasteiger partial charge in [0.05, 0.1) is 10.6 Å². The topological polar surface area (TPSA) is 75.7 Å². The summed E-state index contributed by atoms with van der Waals surface area (Å²) < 4.78 is 55.8. The second kappa shape index (κ2) is 9.13. The van der Waals surface area contributed by atoms with Gasteiger partial charge in [-0.05, 0) is 61.5 Å². The maximum Gasteiger partial charge on any atom is 0.387 e. The van der Waals surface area contributed by atoms with Crippen LogP contribution in [0.4, 0.5) is 20.2 Å². The van der Waals surface area contributed by atoms with Crippen LogP contribution in [0.5, 0.6) is 5.75 Å². The highest BCUT2D eigenvalue weighted by molar-refractivity contribution is 7.92. The van der Waals surface area contributed by atoms with Gasteiger partial charge in [-0.2, -0.15) is 8.78 Å². The van der Waals surface area contributed by atoms with Crippen molar-refractivity contribution in [3.8, 4) is 5.75 Å². The molecule has 0 atom stereocenters. The predicted molar refractivity (Wildman–Crippen MR) is 114 cm³/mol. The summed E-state index contributed by atoms with van der Waals surface area (Å²) in [6.07, 6.45) is 0. The van der Waals surface area contributed by atoms with Gasteiger partial charge in [0.25, 0.3) is 15.9 Å². The summed E-state index contributed by atoms with van der Waals surface area (Å²) in [6, 6.07) is 18.1. The number of alkyl halides is 2. The van der Waals surface area contributed by atoms with E-state index in [1.807, 2.05) is 19.1 Å². The number of hydrogen-bond acceptors (Lipinski definition) is 4. The van der Waals surface area contributed by atoms with E-state index in [-0.39, 0.29) is 16.2 Å². The van der Waals surface area contributed by atoms with Gasteiger partial charge in [-0.25, -0.2) is 8.42 Å². The number of benzene rings is 3. The molecule has 3 rings (SSSR count). The van der Waals surface area contributed by atoms with Crippen LogP contribution in [-0.2, 0) is 10.0 Å². The molecule has 0 unspecified atom stereocenters. The standard InChI is InChI=1S/C22H20F2N2O4S/c1-15-6-10-18(11-7-15)26(2)31(28,29)20-5-3-4-16(14-20)21(27)25-17-8-12-19(13-9-17)30-22(23)24/h3-14,22H,1-2H3,(H,25,27). The second-order valence-corrected chi connectivity index (χ2v) is 8.66. The average molecular weight is 446 g/mol. The number of rotatable bonds is 7. The molecular weight excluding hydrogens is 426 g/mol. The van der Waals surface area contributed by atoms with Crippen molar-refractivity contribution < 1.29 is 26.7 Å². The fraction of sp³-hybridized carbons (Fsp3) is 0.136. The number of hydrogen-bond donors (Lipinski definition) is 1. The number of nitrogens with one attached hydrogen (secondary N) is 1. The molecule has 0 aliphatic rings. The van der Waals surface area contributed by atoms with Crippen molar-refractivity contribution in [2.45, 2.75) is 18.4 Å². The fourth-order valence-electron chi connectivity index (χ4n) is 2.77. The van der Waals surface area contributed by atoms with Gasteiger partial charge in [0.1, 0.15) is 5.75 Å². The van der Waals surface area contributed by atoms with Crippen LogP contribution in [0.25, 0.3) is 0 Å². The lowest BCUT2D eigenvalue weighted by Gasteiger charge is -2.20. The maximum absolute atomic E-state index is 13.0. The van der Waals surface area contributed by atoms with E-state index >= 15 is 0 Å². The summed E-state index contributed by atoms with van der Waals surface area (Å²) in [5, 5.41) is 2.59. The van der Waals surface area contributed by atoms with Gasteiger partial charge in [-0.3, -0.25) is 9.10 Å². The monoisotopic (exact) mass is 446 g/mol. The molecule has 0 radical (unpaired) electrons. The van der Waals surface area contributed by atoms with E-state index in [1.54, 1.807) is 12.1 Å². The summed E-state index contributed by atoms with van der Waals surface area (Å²) in [7, 11) is -2.44. The molecule has 0 spiro atoms. The Morgan fingerprint density at radius 1 is 1.00 bits per heavy atom. The quantitative estimate of drug-likeness (QED) is 0.572. The molecule has 0 saturated heterocycles. The van der Waals surface area contributed by atoms with Crippen LogP contribution in [0, 0.1) is 6.92 Å². The Morgan fingerprint density at radius 3 is 2.26 bits per heavy atom. The van der Waals surface area contributed by atoms with Gasteiger partial charge in [0.15, 0.2) is 0 Å². The molecule has 6 nitrogen and oxygen atoms in total. The van der Waals surface area contributed by atoms with Gasteiger partial charge in [0, 0.05) is 18.3 Å². The molecule has 162 valence electrons. The molecule has 31 heavy (non-hydrogen) atoms. The number of carbonyl (C=O) groups is 1. The van der Waals surface area contributed by atoms with E-state index in [0.717, 1.165) is 9.87 Å². The maximum atomic E-state index is 13.0. The van der Waals surface area contributed by atoms with Crippen molar-refractivity contribution in [3.63, 3.8) is 0 Å². The Balaban J connectivity index is 1.78. The van der Waals surface area contributed by atoms with Crippen molar-refractivity contribution in [1.82, 2.24) is 0 Å². The SMILES string of the molecule is Cc1ccc(N(C)S(=O)(=O)c2cccc(C(=O)Nc3ccc(OC(F)F)cc3)c2)cc1. The van der Waals surface area contributed by atoms with E-state index < -0.39 is 22.5 Å². The zero-order valence-electron chi connectivity index (χ0n) is 16.7. The minimum atomic E-state index is -3.89. The van der Waals surface area contributed by atoms with Crippen LogP contribution >= 0.6 is 0 Å². The third-order valence-electron chi connectivity index (χ3n) is 4.49. The van der Waals surface area contributed by atoms with Gasteiger partial charge in [0.2, 0.25) is 0 Å². The lowest BCUT2D eigenvalue weighted by atomic mass is 10.2. The first-order chi connectivity index (χ1) is 14.7. The highest BCUT2D eigenvalue weighted by Crippen LogP contribution is 2.24. The smallest absolute Gasteiger partial charge is 0.387 e. The number of amides is 1. The minimum absolute atomic E-state index is 0.0380. The van der Waals surface area contributed by atoms with Gasteiger partial charge in [-0.1, -0.05) is 23.8 Å². The first-order valence-electron chi connectivity index (χ1n) is 9.19. The van der Waals surface area contributed by atoms with Crippen LogP contribution in [0.1, 0.15) is 15.9 Å². The van der Waals surface area contributed by atoms with Crippen LogP contribution in [0.15, 0.2) is 77.7 Å². The molecule has 3 aromatic rings. The van der Waals surface area contributed by atoms with Crippen molar-refractivity contribution in [3.05, 3.63) is 83.9 Å². The molecule has 0 aliphatic heterocycles. The van der Waals surface area contributed by atoms with E-state index in [2.05, 4.69) is 10.1 Å². The molecule has 0 aliphatic carbocycles. The third kappa shape index (κ3) is 5.37. The Bertz CT molecular complexity index is 1160. The van der Waals surface area contributed by atoms with Gasteiger partial charge in [-0.15, -0.1) is 0 Å². The first-order valence-corrected chi connectivity index (χ1v) is 10.6. The fourth-order valence-corrected chi connectivity index (χ4v) is 4.01. The third-order valence-corrected chi connectivity index (χ3v) is 6.27. The zero-order chi connectivity index (χ0) is 22.6. The number of anilines is 2. The average Bonchev–Trinajstić information content (AvgIpc) is 2.75. The van der Waals surface area contributed by atoms with Crippen LogP contribution < -0.4 is 14.4 Å². The molecule has 9 heteroatoms. The van der Waals surface area contributed by atoms with Crippen molar-refractivity contribution in [2.24, 2.45) is 0 Å². The molecule has 1 amide bonds. The Morgan fingerprint density at radius 2 is 1.65 bits per heavy atom. The number of carbonyl (C=O) groups excluding carboxylic acids is 1. The van der Waals surface area contributed by atoms with Crippen molar-refractivity contribution >= 4 is 27.3 Å². The lowest BCUT2D eigenvalue weighted by Crippen LogP contribution is -2.26. The van der Waals surface area contributed by atoms with Crippen molar-refractivity contribution in [1.29, 1.82) is 0 Å². The summed E-state index contributed by atoms with van der Waals surface area (Å²) in [6.45, 7) is -1.04. The van der Waals surface area contributed by atoms with Crippen molar-refractivity contribution in [2.75, 3.05) is 16.7 Å². The normalized spacial score (nSPS) is 11.3. The Labute approximate surface area is 179 Å². The lowest BCUT2D eigenvalue weighted by molar-refractivity contribution is -0.0498. The molecule has 0 fully saturated rings. The van der Waals surface area contributed by atoms with E-state index in [9.17, 15) is 22.0 Å². The van der Waals surface area contributed by atoms with Crippen LogP contribution in [0.3, 0.4) is 0 Å². The molecule has 3 aromatic carbocycles. The largest absolute Gasteiger partial charge is 0.435 e. The highest BCUT2D eigenvalue weighted by Gasteiger charge is 2.22. The summed E-state index contributed by atoms with van der Waals surface area (Å²) in [4.78, 5) is 12.5. The molecule has 0 bridgehead atoms. The molecule has 0 heterocycles. The number of nitrogens with zero attached hydrogens (tertiary/aromatic N) is 1. The number of aryl methyl sites for hydroxylation is 1. The van der Waals surface area contributed by atoms with E-state index in [1.165, 1.54) is 55.6 Å². The second-order valence-electron chi connectivity index (χ2n) is 6.69. The first kappa shape index (κ1) is 22.2. The summed E-state index contributed by atoms with van der Waals surface area (Å²) in [5.74, 6) is -0.585. The van der Waals surface area contributed by atoms with E-state index in [0.29, 0.717) is 11.4 Å². The molecule has 0 aromatic heterocycles. The Hall–Kier alpha value is -3.46. The summed E-state index contributed by atoms with van der Waals surface area (Å²) >= 11 is 0. The van der Waals surface area contributed by atoms with Crippen LogP contribution in [0.2, 0.25) is 0 Å². The van der Waals surface area contributed by atoms with Gasteiger partial charge >= 0.3 is 6.61 Å². The van der Waals surface area contributed by atoms with Gasteiger partial charge < -0.3 is 10.1 Å². The van der Waals surface area contributed by atoms with E-state index in [4.69, 9.17) is 0 Å². The number of halogens is 2. The zero-order valence-corrected chi connectivity index (χ0v) is 17.6. The minimum Gasteiger partial charge on any atom is -0.435 e. The molecular formula is C22H20F2N2O4S. The Kier molecular flexibility index (Phi) is 6.55. The number of ether oxygens (including phenoxy) is 1. The van der Waals surface area contributed by atoms with Crippen LogP contribution in [-0.4, -0.2) is 28.0 Å². The molecule has 0 saturated carbocycles. The highest BCUT2D eigenvalue weighted by atomic mass is 32.2. The number of sulfonamides is 1. The predicted octanol–water partition coefficient (Wildman–Crippen LogP) is 4.67. The summed E-state index contributed by atoms with van der Waals surface area (Å²) in [5.41, 5.74) is 1.97. The molecule has 1 N–H and O–H groups in total.